The maximum atomic E-state index is 6.07. The maximum Gasteiger partial charge on any atom is 0.0622 e. The van der Waals surface area contributed by atoms with Crippen LogP contribution >= 0.6 is 15.9 Å². The standard InChI is InChI=1S/C15H22BrN3/c1-10(2)9-15(17)11(3)12(4)18-19-14-7-5-13(16)6-8-14/h5-8,10,19H,9,17H2,1-4H3. The highest BCUT2D eigenvalue weighted by Gasteiger charge is 2.04. The van der Waals surface area contributed by atoms with E-state index in [9.17, 15) is 0 Å². The lowest BCUT2D eigenvalue weighted by atomic mass is 10.0. The van der Waals surface area contributed by atoms with E-state index in [-0.39, 0.29) is 0 Å². The van der Waals surface area contributed by atoms with Gasteiger partial charge in [0.15, 0.2) is 0 Å². The minimum Gasteiger partial charge on any atom is -0.402 e. The van der Waals surface area contributed by atoms with Crippen LogP contribution in [-0.4, -0.2) is 5.71 Å². The van der Waals surface area contributed by atoms with Crippen molar-refractivity contribution in [2.75, 3.05) is 5.43 Å². The van der Waals surface area contributed by atoms with Gasteiger partial charge < -0.3 is 5.73 Å². The van der Waals surface area contributed by atoms with Crippen molar-refractivity contribution < 1.29 is 0 Å². The van der Waals surface area contributed by atoms with Crippen LogP contribution < -0.4 is 11.2 Å². The molecule has 0 aliphatic carbocycles. The van der Waals surface area contributed by atoms with Crippen molar-refractivity contribution in [3.63, 3.8) is 0 Å². The number of allylic oxidation sites excluding steroid dienone is 2. The van der Waals surface area contributed by atoms with E-state index in [1.165, 1.54) is 0 Å². The second-order valence-corrected chi connectivity index (χ2v) is 5.98. The maximum absolute atomic E-state index is 6.07. The van der Waals surface area contributed by atoms with E-state index in [0.717, 1.165) is 33.6 Å². The zero-order valence-corrected chi connectivity index (χ0v) is 13.6. The number of rotatable bonds is 5. The molecule has 0 atom stereocenters. The van der Waals surface area contributed by atoms with Crippen LogP contribution in [-0.2, 0) is 0 Å². The Bertz CT molecular complexity index is 473. The molecule has 0 fully saturated rings. The summed E-state index contributed by atoms with van der Waals surface area (Å²) in [6.07, 6.45) is 0.900. The molecule has 3 N–H and O–H groups in total. The Balaban J connectivity index is 2.73. The predicted octanol–water partition coefficient (Wildman–Crippen LogP) is 4.52. The molecular formula is C15H22BrN3. The van der Waals surface area contributed by atoms with E-state index < -0.39 is 0 Å². The third-order valence-electron chi connectivity index (χ3n) is 2.85. The van der Waals surface area contributed by atoms with Crippen molar-refractivity contribution in [1.82, 2.24) is 0 Å². The van der Waals surface area contributed by atoms with E-state index in [0.29, 0.717) is 5.92 Å². The Labute approximate surface area is 124 Å². The van der Waals surface area contributed by atoms with Crippen LogP contribution in [0.5, 0.6) is 0 Å². The Morgan fingerprint density at radius 1 is 1.26 bits per heavy atom. The molecule has 0 spiro atoms. The molecule has 0 bridgehead atoms. The fourth-order valence-electron chi connectivity index (χ4n) is 1.58. The normalized spacial score (nSPS) is 13.5. The fraction of sp³-hybridized carbons (Fsp3) is 0.400. The van der Waals surface area contributed by atoms with Gasteiger partial charge in [0.05, 0.1) is 11.4 Å². The van der Waals surface area contributed by atoms with Gasteiger partial charge in [-0.2, -0.15) is 5.10 Å². The summed E-state index contributed by atoms with van der Waals surface area (Å²) in [7, 11) is 0. The molecule has 0 unspecified atom stereocenters. The van der Waals surface area contributed by atoms with Crippen molar-refractivity contribution in [1.29, 1.82) is 0 Å². The number of benzene rings is 1. The van der Waals surface area contributed by atoms with E-state index in [1.807, 2.05) is 38.1 Å². The number of hydrogen-bond acceptors (Lipinski definition) is 3. The number of nitrogens with one attached hydrogen (secondary N) is 1. The van der Waals surface area contributed by atoms with E-state index in [2.05, 4.69) is 40.3 Å². The van der Waals surface area contributed by atoms with E-state index in [1.54, 1.807) is 0 Å². The highest BCUT2D eigenvalue weighted by Crippen LogP contribution is 2.15. The number of nitrogens with zero attached hydrogens (tertiary/aromatic N) is 1. The second-order valence-electron chi connectivity index (χ2n) is 5.06. The lowest BCUT2D eigenvalue weighted by Gasteiger charge is -2.10. The highest BCUT2D eigenvalue weighted by molar-refractivity contribution is 9.10. The van der Waals surface area contributed by atoms with Crippen molar-refractivity contribution >= 4 is 27.3 Å². The first-order valence-corrected chi connectivity index (χ1v) is 7.21. The topological polar surface area (TPSA) is 50.4 Å². The van der Waals surface area contributed by atoms with Crippen LogP contribution in [0, 0.1) is 5.92 Å². The van der Waals surface area contributed by atoms with Crippen LogP contribution in [0.3, 0.4) is 0 Å². The third-order valence-corrected chi connectivity index (χ3v) is 3.38. The van der Waals surface area contributed by atoms with Gasteiger partial charge >= 0.3 is 0 Å². The number of hydrogen-bond donors (Lipinski definition) is 2. The van der Waals surface area contributed by atoms with Gasteiger partial charge in [-0.25, -0.2) is 0 Å². The predicted molar refractivity (Wildman–Crippen MR) is 87.2 cm³/mol. The summed E-state index contributed by atoms with van der Waals surface area (Å²) in [6, 6.07) is 7.89. The molecule has 0 amide bonds. The molecule has 1 aromatic rings. The number of nitrogens with two attached hydrogens (primary N) is 1. The molecule has 3 nitrogen and oxygen atoms in total. The molecule has 0 aliphatic rings. The Morgan fingerprint density at radius 2 is 1.84 bits per heavy atom. The lowest BCUT2D eigenvalue weighted by Crippen LogP contribution is -2.10. The summed E-state index contributed by atoms with van der Waals surface area (Å²) in [5.74, 6) is 0.558. The summed E-state index contributed by atoms with van der Waals surface area (Å²) in [6.45, 7) is 8.30. The van der Waals surface area contributed by atoms with E-state index in [4.69, 9.17) is 5.73 Å². The molecule has 1 rings (SSSR count). The molecular weight excluding hydrogens is 302 g/mol. The molecule has 104 valence electrons. The zero-order valence-electron chi connectivity index (χ0n) is 12.0. The van der Waals surface area contributed by atoms with E-state index >= 15 is 0 Å². The molecule has 0 aromatic heterocycles. The van der Waals surface area contributed by atoms with Gasteiger partial charge in [-0.05, 0) is 56.0 Å². The summed E-state index contributed by atoms with van der Waals surface area (Å²) >= 11 is 3.40. The molecule has 0 saturated heterocycles. The molecule has 4 heteroatoms. The van der Waals surface area contributed by atoms with Gasteiger partial charge in [0.25, 0.3) is 0 Å². The molecule has 0 saturated carbocycles. The first-order chi connectivity index (χ1) is 8.90. The smallest absolute Gasteiger partial charge is 0.0622 e. The number of hydrazone groups is 1. The van der Waals surface area contributed by atoms with Crippen molar-refractivity contribution in [2.45, 2.75) is 34.1 Å². The van der Waals surface area contributed by atoms with Crippen LogP contribution in [0.2, 0.25) is 0 Å². The Kier molecular flexibility index (Phi) is 6.09. The fourth-order valence-corrected chi connectivity index (χ4v) is 1.85. The van der Waals surface area contributed by atoms with Crippen molar-refractivity contribution in [2.24, 2.45) is 16.8 Å². The number of anilines is 1. The van der Waals surface area contributed by atoms with Gasteiger partial charge in [-0.15, -0.1) is 0 Å². The van der Waals surface area contributed by atoms with Gasteiger partial charge in [0.1, 0.15) is 0 Å². The SMILES string of the molecule is CC(=NNc1ccc(Br)cc1)C(C)=C(N)CC(C)C. The minimum atomic E-state index is 0.558. The average molecular weight is 324 g/mol. The Morgan fingerprint density at radius 3 is 2.37 bits per heavy atom. The van der Waals surface area contributed by atoms with Crippen molar-refractivity contribution in [3.05, 3.63) is 40.0 Å². The number of halogens is 1. The second kappa shape index (κ2) is 7.34. The third kappa shape index (κ3) is 5.47. The van der Waals surface area contributed by atoms with Crippen LogP contribution in [0.1, 0.15) is 34.1 Å². The monoisotopic (exact) mass is 323 g/mol. The first kappa shape index (κ1) is 15.8. The summed E-state index contributed by atoms with van der Waals surface area (Å²) in [5.41, 5.74) is 12.9. The quantitative estimate of drug-likeness (QED) is 0.618. The average Bonchev–Trinajstić information content (AvgIpc) is 2.36. The molecule has 0 radical (unpaired) electrons. The molecule has 0 aliphatic heterocycles. The minimum absolute atomic E-state index is 0.558. The molecule has 0 heterocycles. The molecule has 1 aromatic carbocycles. The summed E-state index contributed by atoms with van der Waals surface area (Å²) < 4.78 is 1.05. The molecule has 19 heavy (non-hydrogen) atoms. The van der Waals surface area contributed by atoms with Gasteiger partial charge in [0.2, 0.25) is 0 Å². The zero-order chi connectivity index (χ0) is 14.4. The van der Waals surface area contributed by atoms with Crippen molar-refractivity contribution in [3.8, 4) is 0 Å². The first-order valence-electron chi connectivity index (χ1n) is 6.41. The Hall–Kier alpha value is -1.29. The summed E-state index contributed by atoms with van der Waals surface area (Å²) in [4.78, 5) is 0. The lowest BCUT2D eigenvalue weighted by molar-refractivity contribution is 0.636. The van der Waals surface area contributed by atoms with Gasteiger partial charge in [-0.1, -0.05) is 29.8 Å². The van der Waals surface area contributed by atoms with Crippen LogP contribution in [0.4, 0.5) is 5.69 Å². The van der Waals surface area contributed by atoms with Crippen LogP contribution in [0.15, 0.2) is 45.1 Å². The van der Waals surface area contributed by atoms with Gasteiger partial charge in [0, 0.05) is 10.2 Å². The summed E-state index contributed by atoms with van der Waals surface area (Å²) in [5, 5.41) is 4.37. The highest BCUT2D eigenvalue weighted by atomic mass is 79.9. The van der Waals surface area contributed by atoms with Gasteiger partial charge in [-0.3, -0.25) is 5.43 Å². The largest absolute Gasteiger partial charge is 0.402 e. The van der Waals surface area contributed by atoms with Crippen LogP contribution in [0.25, 0.3) is 0 Å².